The van der Waals surface area contributed by atoms with Gasteiger partial charge < -0.3 is 20.8 Å². The largest absolute Gasteiger partial charge is 0.481 e. The van der Waals surface area contributed by atoms with Crippen LogP contribution in [0.5, 0.6) is 0 Å². The van der Waals surface area contributed by atoms with Crippen molar-refractivity contribution < 1.29 is 33.0 Å². The number of carboxylic acid groups (broad SMARTS) is 2. The van der Waals surface area contributed by atoms with Crippen LogP contribution in [-0.2, 0) is 19.6 Å². The van der Waals surface area contributed by atoms with Crippen molar-refractivity contribution in [1.29, 1.82) is 0 Å². The topological polar surface area (TPSA) is 176 Å². The zero-order valence-electron chi connectivity index (χ0n) is 9.12. The van der Waals surface area contributed by atoms with Gasteiger partial charge in [0.2, 0.25) is 10.0 Å². The van der Waals surface area contributed by atoms with Crippen molar-refractivity contribution in [3.05, 3.63) is 0 Å². The van der Waals surface area contributed by atoms with Crippen LogP contribution in [0.2, 0.25) is 0 Å². The van der Waals surface area contributed by atoms with Gasteiger partial charge in [-0.2, -0.15) is 0 Å². The molecule has 0 aromatic rings. The number of nitrogens with two attached hydrogens (primary N) is 1. The van der Waals surface area contributed by atoms with Gasteiger partial charge in [-0.3, -0.25) is 4.79 Å². The molecule has 104 valence electrons. The Morgan fingerprint density at radius 3 is 2.17 bits per heavy atom. The van der Waals surface area contributed by atoms with Gasteiger partial charge in [-0.05, 0) is 0 Å². The van der Waals surface area contributed by atoms with Crippen LogP contribution in [0.4, 0.5) is 4.79 Å². The van der Waals surface area contributed by atoms with E-state index in [0.29, 0.717) is 0 Å². The van der Waals surface area contributed by atoms with E-state index in [4.69, 9.17) is 10.2 Å². The summed E-state index contributed by atoms with van der Waals surface area (Å²) in [5, 5.41) is 25.6. The smallest absolute Gasteiger partial charge is 0.326 e. The van der Waals surface area contributed by atoms with Crippen molar-refractivity contribution in [2.75, 3.05) is 12.3 Å². The molecule has 0 spiro atoms. The summed E-state index contributed by atoms with van der Waals surface area (Å²) in [6.07, 6.45) is -0.794. The first-order chi connectivity index (χ1) is 8.11. The first-order valence-corrected chi connectivity index (χ1v) is 6.33. The summed E-state index contributed by atoms with van der Waals surface area (Å²) in [4.78, 5) is 32.0. The summed E-state index contributed by atoms with van der Waals surface area (Å²) in [5.74, 6) is -3.43. The Balaban J connectivity index is 4.19. The van der Waals surface area contributed by atoms with Crippen molar-refractivity contribution in [3.63, 3.8) is 0 Å². The van der Waals surface area contributed by atoms with Gasteiger partial charge in [0.25, 0.3) is 0 Å². The molecule has 0 saturated heterocycles. The lowest BCUT2D eigenvalue weighted by atomic mass is 10.2. The van der Waals surface area contributed by atoms with Crippen molar-refractivity contribution >= 4 is 28.0 Å². The highest BCUT2D eigenvalue weighted by Gasteiger charge is 2.22. The van der Waals surface area contributed by atoms with E-state index >= 15 is 0 Å². The minimum Gasteiger partial charge on any atom is -0.481 e. The molecule has 0 aliphatic carbocycles. The molecule has 0 bridgehead atoms. The number of urea groups is 1. The number of amides is 2. The van der Waals surface area contributed by atoms with Crippen molar-refractivity contribution in [1.82, 2.24) is 10.6 Å². The van der Waals surface area contributed by atoms with Crippen LogP contribution in [0.3, 0.4) is 0 Å². The molecule has 2 amide bonds. The van der Waals surface area contributed by atoms with Crippen molar-refractivity contribution in [3.8, 4) is 0 Å². The lowest BCUT2D eigenvalue weighted by Crippen LogP contribution is -2.48. The second kappa shape index (κ2) is 6.76. The SMILES string of the molecule is NS(=O)(=O)CCNC(=O)NC(CC(=O)O)C(=O)O. The van der Waals surface area contributed by atoms with Gasteiger partial charge in [-0.1, -0.05) is 0 Å². The fraction of sp³-hybridized carbons (Fsp3) is 0.571. The van der Waals surface area contributed by atoms with Crippen molar-refractivity contribution in [2.24, 2.45) is 5.14 Å². The molecule has 0 heterocycles. The summed E-state index contributed by atoms with van der Waals surface area (Å²) in [5.41, 5.74) is 0. The Morgan fingerprint density at radius 1 is 1.22 bits per heavy atom. The van der Waals surface area contributed by atoms with E-state index in [-0.39, 0.29) is 6.54 Å². The Hall–Kier alpha value is -1.88. The van der Waals surface area contributed by atoms with E-state index in [1.807, 2.05) is 10.6 Å². The van der Waals surface area contributed by atoms with Gasteiger partial charge in [0, 0.05) is 6.54 Å². The second-order valence-corrected chi connectivity index (χ2v) is 4.99. The van der Waals surface area contributed by atoms with Gasteiger partial charge in [0.05, 0.1) is 12.2 Å². The standard InChI is InChI=1S/C7H13N3O7S/c8-18(16,17)2-1-9-7(15)10-4(6(13)14)3-5(11)12/h4H,1-3H2,(H,11,12)(H,13,14)(H2,8,16,17)(H2,9,10,15). The summed E-state index contributed by atoms with van der Waals surface area (Å²) >= 11 is 0. The number of carbonyl (C=O) groups is 3. The molecule has 10 nitrogen and oxygen atoms in total. The molecule has 0 aliphatic rings. The van der Waals surface area contributed by atoms with E-state index < -0.39 is 46.2 Å². The van der Waals surface area contributed by atoms with Crippen LogP contribution in [0.15, 0.2) is 0 Å². The fourth-order valence-electron chi connectivity index (χ4n) is 0.891. The number of sulfonamides is 1. The minimum absolute atomic E-state index is 0.315. The molecule has 0 saturated carbocycles. The first-order valence-electron chi connectivity index (χ1n) is 4.61. The zero-order valence-corrected chi connectivity index (χ0v) is 9.94. The van der Waals surface area contributed by atoms with Crippen LogP contribution in [0.1, 0.15) is 6.42 Å². The second-order valence-electron chi connectivity index (χ2n) is 3.26. The molecule has 0 aromatic heterocycles. The molecule has 0 fully saturated rings. The Labute approximate surface area is 102 Å². The summed E-state index contributed by atoms with van der Waals surface area (Å²) in [7, 11) is -3.74. The number of carbonyl (C=O) groups excluding carboxylic acids is 1. The fourth-order valence-corrected chi connectivity index (χ4v) is 1.28. The number of nitrogens with one attached hydrogen (secondary N) is 2. The highest BCUT2D eigenvalue weighted by Crippen LogP contribution is 1.92. The Morgan fingerprint density at radius 2 is 1.78 bits per heavy atom. The molecule has 0 aliphatic heterocycles. The van der Waals surface area contributed by atoms with Crippen LogP contribution in [-0.4, -0.2) is 54.9 Å². The first kappa shape index (κ1) is 16.1. The van der Waals surface area contributed by atoms with Crippen LogP contribution in [0, 0.1) is 0 Å². The third-order valence-corrected chi connectivity index (χ3v) is 2.43. The molecule has 0 aromatic carbocycles. The molecule has 0 rings (SSSR count). The van der Waals surface area contributed by atoms with Gasteiger partial charge in [-0.15, -0.1) is 0 Å². The van der Waals surface area contributed by atoms with E-state index in [2.05, 4.69) is 5.14 Å². The van der Waals surface area contributed by atoms with Crippen LogP contribution >= 0.6 is 0 Å². The van der Waals surface area contributed by atoms with Gasteiger partial charge >= 0.3 is 18.0 Å². The number of hydrogen-bond donors (Lipinski definition) is 5. The maximum atomic E-state index is 11.1. The maximum absolute atomic E-state index is 11.1. The Kier molecular flexibility index (Phi) is 6.05. The average Bonchev–Trinajstić information content (AvgIpc) is 2.13. The van der Waals surface area contributed by atoms with Gasteiger partial charge in [-0.25, -0.2) is 23.1 Å². The number of primary sulfonamides is 1. The predicted molar refractivity (Wildman–Crippen MR) is 58.2 cm³/mol. The monoisotopic (exact) mass is 283 g/mol. The third kappa shape index (κ3) is 8.29. The highest BCUT2D eigenvalue weighted by molar-refractivity contribution is 7.89. The summed E-state index contributed by atoms with van der Waals surface area (Å²) < 4.78 is 21.0. The molecular formula is C7H13N3O7S. The zero-order chi connectivity index (χ0) is 14.3. The van der Waals surface area contributed by atoms with E-state index in [0.717, 1.165) is 0 Å². The Bertz CT molecular complexity index is 432. The van der Waals surface area contributed by atoms with Gasteiger partial charge in [0.15, 0.2) is 0 Å². The quantitative estimate of drug-likeness (QED) is 0.343. The van der Waals surface area contributed by atoms with Crippen molar-refractivity contribution in [2.45, 2.75) is 12.5 Å². The average molecular weight is 283 g/mol. The summed E-state index contributed by atoms with van der Waals surface area (Å²) in [6, 6.07) is -2.59. The number of aliphatic carboxylic acids is 2. The highest BCUT2D eigenvalue weighted by atomic mass is 32.2. The van der Waals surface area contributed by atoms with Crippen LogP contribution < -0.4 is 15.8 Å². The molecular weight excluding hydrogens is 270 g/mol. The molecule has 11 heteroatoms. The number of carboxylic acids is 2. The molecule has 0 radical (unpaired) electrons. The van der Waals surface area contributed by atoms with E-state index in [1.54, 1.807) is 0 Å². The van der Waals surface area contributed by atoms with E-state index in [1.165, 1.54) is 0 Å². The maximum Gasteiger partial charge on any atom is 0.326 e. The molecule has 1 atom stereocenters. The molecule has 6 N–H and O–H groups in total. The molecule has 1 unspecified atom stereocenters. The third-order valence-electron chi connectivity index (χ3n) is 1.65. The van der Waals surface area contributed by atoms with Crippen LogP contribution in [0.25, 0.3) is 0 Å². The minimum atomic E-state index is -3.74. The normalized spacial score (nSPS) is 12.5. The number of hydrogen-bond acceptors (Lipinski definition) is 5. The number of rotatable bonds is 7. The van der Waals surface area contributed by atoms with E-state index in [9.17, 15) is 22.8 Å². The lowest BCUT2D eigenvalue weighted by molar-refractivity contribution is -0.145. The predicted octanol–water partition coefficient (Wildman–Crippen LogP) is -2.50. The lowest BCUT2D eigenvalue weighted by Gasteiger charge is -2.12. The molecule has 18 heavy (non-hydrogen) atoms. The van der Waals surface area contributed by atoms with Gasteiger partial charge in [0.1, 0.15) is 6.04 Å². The summed E-state index contributed by atoms with van der Waals surface area (Å²) in [6.45, 7) is -0.315.